The van der Waals surface area contributed by atoms with Crippen molar-refractivity contribution in [2.75, 3.05) is 11.4 Å². The Morgan fingerprint density at radius 3 is 2.68 bits per heavy atom. The molecule has 104 valence electrons. The third kappa shape index (κ3) is 2.61. The van der Waals surface area contributed by atoms with E-state index in [4.69, 9.17) is 11.6 Å². The molecule has 2 aliphatic rings. The molecule has 1 saturated carbocycles. The van der Waals surface area contributed by atoms with Crippen LogP contribution in [0.3, 0.4) is 0 Å². The van der Waals surface area contributed by atoms with E-state index < -0.39 is 0 Å². The second kappa shape index (κ2) is 5.72. The summed E-state index contributed by atoms with van der Waals surface area (Å²) in [5.41, 5.74) is 2.17. The summed E-state index contributed by atoms with van der Waals surface area (Å²) < 4.78 is 0. The van der Waals surface area contributed by atoms with E-state index in [1.807, 2.05) is 12.1 Å². The van der Waals surface area contributed by atoms with E-state index in [1.54, 1.807) is 0 Å². The van der Waals surface area contributed by atoms with Crippen molar-refractivity contribution in [1.29, 1.82) is 0 Å². The lowest BCUT2D eigenvalue weighted by molar-refractivity contribution is 0.281. The first-order valence-electron chi connectivity index (χ1n) is 7.45. The molecule has 0 bridgehead atoms. The maximum absolute atomic E-state index is 9.57. The molecule has 0 spiro atoms. The summed E-state index contributed by atoms with van der Waals surface area (Å²) in [4.78, 5) is 2.53. The SMILES string of the molecule is OCc1cc(Cl)ccc1N1CCCC1C1CCCC1. The highest BCUT2D eigenvalue weighted by molar-refractivity contribution is 6.30. The number of hydrogen-bond acceptors (Lipinski definition) is 2. The van der Waals surface area contributed by atoms with Crippen molar-refractivity contribution < 1.29 is 5.11 Å². The Bertz CT molecular complexity index is 442. The molecule has 19 heavy (non-hydrogen) atoms. The van der Waals surface area contributed by atoms with Gasteiger partial charge >= 0.3 is 0 Å². The highest BCUT2D eigenvalue weighted by Gasteiger charge is 2.34. The minimum atomic E-state index is 0.0732. The highest BCUT2D eigenvalue weighted by atomic mass is 35.5. The number of halogens is 1. The molecule has 2 fully saturated rings. The Morgan fingerprint density at radius 2 is 1.95 bits per heavy atom. The fourth-order valence-electron chi connectivity index (χ4n) is 3.88. The second-order valence-corrected chi connectivity index (χ2v) is 6.32. The van der Waals surface area contributed by atoms with Gasteiger partial charge in [-0.15, -0.1) is 0 Å². The van der Waals surface area contributed by atoms with Crippen molar-refractivity contribution in [3.8, 4) is 0 Å². The third-order valence-electron chi connectivity index (χ3n) is 4.76. The van der Waals surface area contributed by atoms with Gasteiger partial charge in [-0.2, -0.15) is 0 Å². The fourth-order valence-corrected chi connectivity index (χ4v) is 4.08. The summed E-state index contributed by atoms with van der Waals surface area (Å²) in [7, 11) is 0. The zero-order valence-corrected chi connectivity index (χ0v) is 12.1. The average Bonchev–Trinajstić information content (AvgIpc) is 3.08. The smallest absolute Gasteiger partial charge is 0.0702 e. The second-order valence-electron chi connectivity index (χ2n) is 5.88. The van der Waals surface area contributed by atoms with Crippen molar-refractivity contribution in [2.45, 2.75) is 51.2 Å². The van der Waals surface area contributed by atoms with Gasteiger partial charge in [0.05, 0.1) is 6.61 Å². The standard InChI is InChI=1S/C16H22ClNO/c17-14-7-8-16(13(10-14)11-19)18-9-3-6-15(18)12-4-1-2-5-12/h7-8,10,12,15,19H,1-6,9,11H2. The molecule has 3 rings (SSSR count). The number of hydrogen-bond donors (Lipinski definition) is 1. The third-order valence-corrected chi connectivity index (χ3v) is 5.00. The van der Waals surface area contributed by atoms with E-state index in [0.29, 0.717) is 11.1 Å². The molecule has 0 radical (unpaired) electrons. The Morgan fingerprint density at radius 1 is 1.16 bits per heavy atom. The number of nitrogens with zero attached hydrogens (tertiary/aromatic N) is 1. The van der Waals surface area contributed by atoms with Gasteiger partial charge in [0.25, 0.3) is 0 Å². The van der Waals surface area contributed by atoms with Gasteiger partial charge in [-0.1, -0.05) is 24.4 Å². The molecule has 1 aliphatic carbocycles. The lowest BCUT2D eigenvalue weighted by atomic mass is 9.95. The van der Waals surface area contributed by atoms with Crippen molar-refractivity contribution in [2.24, 2.45) is 5.92 Å². The summed E-state index contributed by atoms with van der Waals surface area (Å²) in [5, 5.41) is 10.3. The molecular formula is C16H22ClNO. The predicted molar refractivity (Wildman–Crippen MR) is 79.7 cm³/mol. The number of rotatable bonds is 3. The molecule has 0 aromatic heterocycles. The van der Waals surface area contributed by atoms with Crippen LogP contribution in [0.25, 0.3) is 0 Å². The molecule has 0 amide bonds. The molecule has 1 aliphatic heterocycles. The van der Waals surface area contributed by atoms with Gasteiger partial charge in [0.15, 0.2) is 0 Å². The minimum absolute atomic E-state index is 0.0732. The van der Waals surface area contributed by atoms with E-state index in [1.165, 1.54) is 44.2 Å². The summed E-state index contributed by atoms with van der Waals surface area (Å²) in [6.07, 6.45) is 8.12. The normalized spacial score (nSPS) is 24.3. The van der Waals surface area contributed by atoms with Gasteiger partial charge in [-0.25, -0.2) is 0 Å². The number of aliphatic hydroxyl groups excluding tert-OH is 1. The lowest BCUT2D eigenvalue weighted by Crippen LogP contribution is -2.35. The molecule has 1 aromatic carbocycles. The van der Waals surface area contributed by atoms with Gasteiger partial charge in [0.2, 0.25) is 0 Å². The molecule has 1 saturated heterocycles. The molecular weight excluding hydrogens is 258 g/mol. The van der Waals surface area contributed by atoms with Crippen molar-refractivity contribution in [3.63, 3.8) is 0 Å². The summed E-state index contributed by atoms with van der Waals surface area (Å²) in [6.45, 7) is 1.19. The van der Waals surface area contributed by atoms with Gasteiger partial charge in [0, 0.05) is 28.9 Å². The van der Waals surface area contributed by atoms with Gasteiger partial charge in [0.1, 0.15) is 0 Å². The topological polar surface area (TPSA) is 23.5 Å². The van der Waals surface area contributed by atoms with E-state index in [-0.39, 0.29) is 6.61 Å². The van der Waals surface area contributed by atoms with Gasteiger partial charge < -0.3 is 10.0 Å². The van der Waals surface area contributed by atoms with Crippen LogP contribution < -0.4 is 4.90 Å². The largest absolute Gasteiger partial charge is 0.392 e. The fraction of sp³-hybridized carbons (Fsp3) is 0.625. The first kappa shape index (κ1) is 13.3. The van der Waals surface area contributed by atoms with E-state index in [9.17, 15) is 5.11 Å². The van der Waals surface area contributed by atoms with E-state index >= 15 is 0 Å². The predicted octanol–water partition coefficient (Wildman–Crippen LogP) is 3.99. The number of aliphatic hydroxyl groups is 1. The summed E-state index contributed by atoms with van der Waals surface area (Å²) in [5.74, 6) is 0.852. The van der Waals surface area contributed by atoms with Crippen molar-refractivity contribution in [3.05, 3.63) is 28.8 Å². The Hall–Kier alpha value is -0.730. The molecule has 1 N–H and O–H groups in total. The Kier molecular flexibility index (Phi) is 3.99. The Labute approximate surface area is 120 Å². The number of anilines is 1. The maximum Gasteiger partial charge on any atom is 0.0702 e. The summed E-state index contributed by atoms with van der Waals surface area (Å²) in [6, 6.07) is 6.61. The molecule has 2 nitrogen and oxygen atoms in total. The van der Waals surface area contributed by atoms with E-state index in [2.05, 4.69) is 11.0 Å². The molecule has 1 atom stereocenters. The average molecular weight is 280 g/mol. The van der Waals surface area contributed by atoms with Crippen LogP contribution in [0.1, 0.15) is 44.1 Å². The van der Waals surface area contributed by atoms with Crippen LogP contribution in [0.15, 0.2) is 18.2 Å². The van der Waals surface area contributed by atoms with Crippen molar-refractivity contribution >= 4 is 17.3 Å². The summed E-state index contributed by atoms with van der Waals surface area (Å²) >= 11 is 6.04. The van der Waals surface area contributed by atoms with Crippen LogP contribution in [-0.2, 0) is 6.61 Å². The van der Waals surface area contributed by atoms with Crippen LogP contribution >= 0.6 is 11.6 Å². The minimum Gasteiger partial charge on any atom is -0.392 e. The van der Waals surface area contributed by atoms with Gasteiger partial charge in [-0.05, 0) is 49.8 Å². The lowest BCUT2D eigenvalue weighted by Gasteiger charge is -2.32. The van der Waals surface area contributed by atoms with Crippen LogP contribution in [0.4, 0.5) is 5.69 Å². The maximum atomic E-state index is 9.57. The molecule has 1 aromatic rings. The van der Waals surface area contributed by atoms with E-state index in [0.717, 1.165) is 18.0 Å². The first-order chi connectivity index (χ1) is 9.29. The van der Waals surface area contributed by atoms with Crippen LogP contribution in [-0.4, -0.2) is 17.7 Å². The van der Waals surface area contributed by atoms with Crippen LogP contribution in [0, 0.1) is 5.92 Å². The van der Waals surface area contributed by atoms with Gasteiger partial charge in [-0.3, -0.25) is 0 Å². The molecule has 1 unspecified atom stereocenters. The highest BCUT2D eigenvalue weighted by Crippen LogP contribution is 2.39. The zero-order valence-electron chi connectivity index (χ0n) is 11.3. The Balaban J connectivity index is 1.87. The van der Waals surface area contributed by atoms with Crippen LogP contribution in [0.2, 0.25) is 5.02 Å². The molecule has 3 heteroatoms. The zero-order chi connectivity index (χ0) is 13.2. The molecule has 1 heterocycles. The monoisotopic (exact) mass is 279 g/mol. The van der Waals surface area contributed by atoms with Crippen molar-refractivity contribution in [1.82, 2.24) is 0 Å². The quantitative estimate of drug-likeness (QED) is 0.904. The number of benzene rings is 1. The van der Waals surface area contributed by atoms with Crippen LogP contribution in [0.5, 0.6) is 0 Å². The first-order valence-corrected chi connectivity index (χ1v) is 7.83.